The maximum Gasteiger partial charge on any atom is 0.312 e. The van der Waals surface area contributed by atoms with Gasteiger partial charge in [0, 0.05) is 26.2 Å². The average molecular weight is 282 g/mol. The number of rotatable bonds is 6. The lowest BCUT2D eigenvalue weighted by Gasteiger charge is -2.09. The van der Waals surface area contributed by atoms with Gasteiger partial charge in [-0.2, -0.15) is 0 Å². The maximum absolute atomic E-state index is 11.9. The van der Waals surface area contributed by atoms with Crippen LogP contribution in [0.4, 0.5) is 16.3 Å². The van der Waals surface area contributed by atoms with Crippen molar-refractivity contribution in [3.63, 3.8) is 0 Å². The number of urea groups is 1. The van der Waals surface area contributed by atoms with Crippen molar-refractivity contribution in [3.8, 4) is 0 Å². The minimum atomic E-state index is -0.702. The molecule has 1 aromatic rings. The van der Waals surface area contributed by atoms with Crippen LogP contribution in [0.25, 0.3) is 0 Å². The van der Waals surface area contributed by atoms with Crippen LogP contribution in [0.15, 0.2) is 12.3 Å². The highest BCUT2D eigenvalue weighted by atomic mass is 16.6. The molecule has 0 fully saturated rings. The summed E-state index contributed by atoms with van der Waals surface area (Å²) in [6.07, 6.45) is 1.05. The van der Waals surface area contributed by atoms with Gasteiger partial charge in [0.1, 0.15) is 12.0 Å². The summed E-state index contributed by atoms with van der Waals surface area (Å²) < 4.78 is 0. The first-order valence-electron chi connectivity index (χ1n) is 5.59. The Kier molecular flexibility index (Phi) is 5.21. The Labute approximate surface area is 113 Å². The molecule has 0 aliphatic rings. The molecule has 0 aromatic carbocycles. The summed E-state index contributed by atoms with van der Waals surface area (Å²) in [7, 11) is 1.54. The molecule has 1 aromatic heterocycles. The highest BCUT2D eigenvalue weighted by Crippen LogP contribution is 2.18. The van der Waals surface area contributed by atoms with E-state index in [4.69, 9.17) is 5.73 Å². The highest BCUT2D eigenvalue weighted by molar-refractivity contribution is 5.99. The van der Waals surface area contributed by atoms with Gasteiger partial charge in [-0.25, -0.2) is 9.78 Å². The summed E-state index contributed by atoms with van der Waals surface area (Å²) in [6, 6.07) is 0.419. The number of carbonyl (C=O) groups is 2. The first-order valence-corrected chi connectivity index (χ1v) is 5.59. The Hall–Kier alpha value is -2.91. The minimum absolute atomic E-state index is 0.0424. The number of primary amides is 1. The van der Waals surface area contributed by atoms with Crippen molar-refractivity contribution in [2.24, 2.45) is 5.73 Å². The molecule has 0 spiro atoms. The molecule has 3 amide bonds. The average Bonchev–Trinajstić information content (AvgIpc) is 2.42. The number of hydrogen-bond donors (Lipinski definition) is 4. The van der Waals surface area contributed by atoms with Gasteiger partial charge in [-0.05, 0) is 0 Å². The molecule has 1 heterocycles. The van der Waals surface area contributed by atoms with Gasteiger partial charge in [0.25, 0.3) is 11.6 Å². The molecular formula is C10H14N6O4. The second kappa shape index (κ2) is 6.87. The number of nitro groups is 1. The lowest BCUT2D eigenvalue weighted by molar-refractivity contribution is -0.385. The van der Waals surface area contributed by atoms with Gasteiger partial charge in [-0.15, -0.1) is 0 Å². The SMILES string of the molecule is CNc1ncc([N+](=O)[O-])cc1C(=O)NCCNC(N)=O. The predicted octanol–water partition coefficient (Wildman–Crippen LogP) is -0.570. The van der Waals surface area contributed by atoms with E-state index >= 15 is 0 Å². The maximum atomic E-state index is 11.9. The summed E-state index contributed by atoms with van der Waals surface area (Å²) in [5.74, 6) is -0.326. The van der Waals surface area contributed by atoms with Gasteiger partial charge in [-0.3, -0.25) is 14.9 Å². The Balaban J connectivity index is 2.77. The molecule has 0 saturated heterocycles. The van der Waals surface area contributed by atoms with Crippen molar-refractivity contribution >= 4 is 23.4 Å². The molecule has 0 atom stereocenters. The number of nitrogens with zero attached hydrogens (tertiary/aromatic N) is 2. The van der Waals surface area contributed by atoms with Crippen LogP contribution in [-0.4, -0.2) is 42.0 Å². The fourth-order valence-electron chi connectivity index (χ4n) is 1.38. The van der Waals surface area contributed by atoms with E-state index in [1.54, 1.807) is 7.05 Å². The number of hydrogen-bond acceptors (Lipinski definition) is 6. The zero-order valence-corrected chi connectivity index (χ0v) is 10.7. The van der Waals surface area contributed by atoms with E-state index in [-0.39, 0.29) is 30.2 Å². The monoisotopic (exact) mass is 282 g/mol. The van der Waals surface area contributed by atoms with Crippen molar-refractivity contribution in [1.82, 2.24) is 15.6 Å². The number of anilines is 1. The van der Waals surface area contributed by atoms with Crippen LogP contribution in [-0.2, 0) is 0 Å². The molecule has 1 rings (SSSR count). The fraction of sp³-hybridized carbons (Fsp3) is 0.300. The summed E-state index contributed by atoms with van der Waals surface area (Å²) in [5, 5.41) is 18.1. The number of nitrogens with two attached hydrogens (primary N) is 1. The fourth-order valence-corrected chi connectivity index (χ4v) is 1.38. The molecule has 0 saturated carbocycles. The molecule has 5 N–H and O–H groups in total. The molecule has 108 valence electrons. The van der Waals surface area contributed by atoms with Gasteiger partial charge in [-0.1, -0.05) is 0 Å². The molecular weight excluding hydrogens is 268 g/mol. The van der Waals surface area contributed by atoms with Crippen molar-refractivity contribution in [3.05, 3.63) is 27.9 Å². The number of nitrogens with one attached hydrogen (secondary N) is 3. The third-order valence-electron chi connectivity index (χ3n) is 2.28. The van der Waals surface area contributed by atoms with Crippen LogP contribution < -0.4 is 21.7 Å². The zero-order valence-electron chi connectivity index (χ0n) is 10.7. The van der Waals surface area contributed by atoms with Crippen LogP contribution >= 0.6 is 0 Å². The standard InChI is InChI=1S/C10H14N6O4/c1-12-8-7(4-6(5-15-8)16(19)20)9(17)13-2-3-14-10(11)18/h4-5H,2-3H2,1H3,(H,12,15)(H,13,17)(H3,11,14,18). The topological polar surface area (TPSA) is 152 Å². The second-order valence-electron chi connectivity index (χ2n) is 3.64. The Morgan fingerprint density at radius 2 is 2.05 bits per heavy atom. The summed E-state index contributed by atoms with van der Waals surface area (Å²) >= 11 is 0. The van der Waals surface area contributed by atoms with E-state index in [1.165, 1.54) is 0 Å². The summed E-state index contributed by atoms with van der Waals surface area (Å²) in [6.45, 7) is 0.284. The number of amides is 3. The number of carbonyl (C=O) groups excluding carboxylic acids is 2. The van der Waals surface area contributed by atoms with Crippen LogP contribution in [0.3, 0.4) is 0 Å². The minimum Gasteiger partial charge on any atom is -0.372 e. The Morgan fingerprint density at radius 3 is 2.60 bits per heavy atom. The predicted molar refractivity (Wildman–Crippen MR) is 70.4 cm³/mol. The van der Waals surface area contributed by atoms with Crippen LogP contribution in [0, 0.1) is 10.1 Å². The number of aromatic nitrogens is 1. The lowest BCUT2D eigenvalue weighted by Crippen LogP contribution is -2.37. The Morgan fingerprint density at radius 1 is 1.40 bits per heavy atom. The van der Waals surface area contributed by atoms with Gasteiger partial charge >= 0.3 is 6.03 Å². The van der Waals surface area contributed by atoms with Crippen LogP contribution in [0.5, 0.6) is 0 Å². The number of pyridine rings is 1. The normalized spacial score (nSPS) is 9.65. The summed E-state index contributed by atoms with van der Waals surface area (Å²) in [5.41, 5.74) is 4.62. The van der Waals surface area contributed by atoms with Gasteiger partial charge in [0.05, 0.1) is 10.5 Å². The van der Waals surface area contributed by atoms with E-state index in [2.05, 4.69) is 20.9 Å². The van der Waals surface area contributed by atoms with E-state index in [1.807, 2.05) is 0 Å². The van der Waals surface area contributed by atoms with Crippen molar-refractivity contribution in [2.75, 3.05) is 25.5 Å². The molecule has 0 aliphatic heterocycles. The van der Waals surface area contributed by atoms with Crippen molar-refractivity contribution in [1.29, 1.82) is 0 Å². The zero-order chi connectivity index (χ0) is 15.1. The smallest absolute Gasteiger partial charge is 0.312 e. The van der Waals surface area contributed by atoms with Crippen molar-refractivity contribution in [2.45, 2.75) is 0 Å². The first kappa shape index (κ1) is 15.1. The molecule has 10 heteroatoms. The third kappa shape index (κ3) is 4.08. The molecule has 20 heavy (non-hydrogen) atoms. The van der Waals surface area contributed by atoms with E-state index in [0.29, 0.717) is 0 Å². The van der Waals surface area contributed by atoms with Gasteiger partial charge < -0.3 is 21.7 Å². The van der Waals surface area contributed by atoms with Crippen LogP contribution in [0.1, 0.15) is 10.4 Å². The second-order valence-corrected chi connectivity index (χ2v) is 3.64. The summed E-state index contributed by atoms with van der Waals surface area (Å²) in [4.78, 5) is 36.1. The lowest BCUT2D eigenvalue weighted by atomic mass is 10.2. The Bertz CT molecular complexity index is 532. The largest absolute Gasteiger partial charge is 0.372 e. The van der Waals surface area contributed by atoms with Gasteiger partial charge in [0.2, 0.25) is 0 Å². The van der Waals surface area contributed by atoms with Gasteiger partial charge in [0.15, 0.2) is 0 Å². The molecule has 0 bridgehead atoms. The van der Waals surface area contributed by atoms with Crippen molar-refractivity contribution < 1.29 is 14.5 Å². The molecule has 0 unspecified atom stereocenters. The molecule has 0 radical (unpaired) electrons. The van der Waals surface area contributed by atoms with Crippen LogP contribution in [0.2, 0.25) is 0 Å². The molecule has 0 aliphatic carbocycles. The van der Waals surface area contributed by atoms with E-state index in [9.17, 15) is 19.7 Å². The molecule has 10 nitrogen and oxygen atoms in total. The van der Waals surface area contributed by atoms with E-state index < -0.39 is 16.9 Å². The third-order valence-corrected chi connectivity index (χ3v) is 2.28. The highest BCUT2D eigenvalue weighted by Gasteiger charge is 2.17. The first-order chi connectivity index (χ1) is 9.45. The van der Waals surface area contributed by atoms with E-state index in [0.717, 1.165) is 12.3 Å². The quantitative estimate of drug-likeness (QED) is 0.311.